The number of halogens is 1. The molecule has 0 amide bonds. The molecule has 0 saturated heterocycles. The summed E-state index contributed by atoms with van der Waals surface area (Å²) in [4.78, 5) is 11.0. The Hall–Kier alpha value is -1.23. The highest BCUT2D eigenvalue weighted by Crippen LogP contribution is 2.28. The van der Waals surface area contributed by atoms with Crippen LogP contribution in [0.4, 0.5) is 11.4 Å². The van der Waals surface area contributed by atoms with Crippen molar-refractivity contribution in [2.24, 2.45) is 0 Å². The second-order valence-electron chi connectivity index (χ2n) is 2.79. The van der Waals surface area contributed by atoms with Gasteiger partial charge in [0.15, 0.2) is 0 Å². The van der Waals surface area contributed by atoms with Crippen LogP contribution in [0.1, 0.15) is 5.56 Å². The van der Waals surface area contributed by atoms with Gasteiger partial charge in [0.1, 0.15) is 0 Å². The number of rotatable bonds is 2. The van der Waals surface area contributed by atoms with Crippen molar-refractivity contribution >= 4 is 33.3 Å². The standard InChI is InChI=1S/C9H11BrN2O2/c1-14-7(13)4-5-2-3-6(10)9(12)8(5)11/h2-3H,4,11-12H2,1H3. The largest absolute Gasteiger partial charge is 0.469 e. The summed E-state index contributed by atoms with van der Waals surface area (Å²) in [5.74, 6) is -0.335. The van der Waals surface area contributed by atoms with Gasteiger partial charge in [-0.25, -0.2) is 0 Å². The summed E-state index contributed by atoms with van der Waals surface area (Å²) in [6.07, 6.45) is 0.139. The maximum absolute atomic E-state index is 11.0. The molecule has 4 nitrogen and oxygen atoms in total. The van der Waals surface area contributed by atoms with Gasteiger partial charge in [-0.15, -0.1) is 0 Å². The number of methoxy groups -OCH3 is 1. The van der Waals surface area contributed by atoms with Crippen molar-refractivity contribution in [3.05, 3.63) is 22.2 Å². The van der Waals surface area contributed by atoms with Gasteiger partial charge >= 0.3 is 5.97 Å². The molecule has 1 aromatic carbocycles. The molecule has 0 aliphatic rings. The molecule has 0 heterocycles. The Kier molecular flexibility index (Phi) is 3.35. The lowest BCUT2D eigenvalue weighted by molar-refractivity contribution is -0.139. The zero-order valence-corrected chi connectivity index (χ0v) is 9.30. The number of nitrogen functional groups attached to an aromatic ring is 2. The highest BCUT2D eigenvalue weighted by atomic mass is 79.9. The Morgan fingerprint density at radius 1 is 1.43 bits per heavy atom. The van der Waals surface area contributed by atoms with Gasteiger partial charge in [-0.3, -0.25) is 4.79 Å². The number of hydrogen-bond donors (Lipinski definition) is 2. The molecular formula is C9H11BrN2O2. The van der Waals surface area contributed by atoms with Gasteiger partial charge in [-0.2, -0.15) is 0 Å². The van der Waals surface area contributed by atoms with Gasteiger partial charge < -0.3 is 16.2 Å². The predicted octanol–water partition coefficient (Wildman–Crippen LogP) is 1.33. The second kappa shape index (κ2) is 4.32. The molecule has 5 heteroatoms. The van der Waals surface area contributed by atoms with Crippen LogP contribution in [0.3, 0.4) is 0 Å². The van der Waals surface area contributed by atoms with Crippen molar-refractivity contribution in [2.45, 2.75) is 6.42 Å². The summed E-state index contributed by atoms with van der Waals surface area (Å²) in [7, 11) is 1.33. The van der Waals surface area contributed by atoms with Crippen LogP contribution in [0.2, 0.25) is 0 Å². The van der Waals surface area contributed by atoms with Crippen molar-refractivity contribution in [1.29, 1.82) is 0 Å². The van der Waals surface area contributed by atoms with Crippen molar-refractivity contribution in [2.75, 3.05) is 18.6 Å². The molecular weight excluding hydrogens is 248 g/mol. The maximum Gasteiger partial charge on any atom is 0.310 e. The van der Waals surface area contributed by atoms with Crippen molar-refractivity contribution in [1.82, 2.24) is 0 Å². The minimum atomic E-state index is -0.335. The molecule has 14 heavy (non-hydrogen) atoms. The fourth-order valence-electron chi connectivity index (χ4n) is 1.04. The molecule has 1 rings (SSSR count). The smallest absolute Gasteiger partial charge is 0.310 e. The van der Waals surface area contributed by atoms with E-state index < -0.39 is 0 Å². The maximum atomic E-state index is 11.0. The molecule has 0 radical (unpaired) electrons. The van der Waals surface area contributed by atoms with Crippen LogP contribution in [0, 0.1) is 0 Å². The first-order valence-corrected chi connectivity index (χ1v) is 4.74. The normalized spacial score (nSPS) is 9.86. The molecule has 4 N–H and O–H groups in total. The molecule has 0 unspecified atom stereocenters. The summed E-state index contributed by atoms with van der Waals surface area (Å²) < 4.78 is 5.26. The molecule has 0 saturated carbocycles. The Morgan fingerprint density at radius 2 is 2.07 bits per heavy atom. The van der Waals surface area contributed by atoms with Crippen molar-refractivity contribution in [3.63, 3.8) is 0 Å². The van der Waals surface area contributed by atoms with Crippen LogP contribution in [-0.2, 0) is 16.0 Å². The average Bonchev–Trinajstić information content (AvgIpc) is 2.19. The number of carbonyl (C=O) groups excluding carboxylic acids is 1. The van der Waals surface area contributed by atoms with E-state index in [4.69, 9.17) is 11.5 Å². The zero-order valence-electron chi connectivity index (χ0n) is 7.71. The number of benzene rings is 1. The number of ether oxygens (including phenoxy) is 1. The Balaban J connectivity index is 3.00. The van der Waals surface area contributed by atoms with Crippen LogP contribution in [-0.4, -0.2) is 13.1 Å². The van der Waals surface area contributed by atoms with Crippen LogP contribution < -0.4 is 11.5 Å². The van der Waals surface area contributed by atoms with Crippen molar-refractivity contribution in [3.8, 4) is 0 Å². The third-order valence-corrected chi connectivity index (χ3v) is 2.58. The lowest BCUT2D eigenvalue weighted by atomic mass is 10.1. The van der Waals surface area contributed by atoms with E-state index in [1.54, 1.807) is 12.1 Å². The van der Waals surface area contributed by atoms with Crippen LogP contribution in [0.25, 0.3) is 0 Å². The average molecular weight is 259 g/mol. The Morgan fingerprint density at radius 3 is 2.64 bits per heavy atom. The number of carbonyl (C=O) groups is 1. The van der Waals surface area contributed by atoms with E-state index in [0.29, 0.717) is 16.9 Å². The fourth-order valence-corrected chi connectivity index (χ4v) is 1.38. The number of hydrogen-bond acceptors (Lipinski definition) is 4. The van der Waals surface area contributed by atoms with E-state index in [2.05, 4.69) is 20.7 Å². The quantitative estimate of drug-likeness (QED) is 0.620. The molecule has 0 spiro atoms. The first-order valence-electron chi connectivity index (χ1n) is 3.95. The fraction of sp³-hybridized carbons (Fsp3) is 0.222. The van der Waals surface area contributed by atoms with Crippen LogP contribution >= 0.6 is 15.9 Å². The van der Waals surface area contributed by atoms with E-state index in [1.165, 1.54) is 7.11 Å². The number of esters is 1. The first kappa shape index (κ1) is 10.8. The van der Waals surface area contributed by atoms with Gasteiger partial charge in [0.05, 0.1) is 24.9 Å². The van der Waals surface area contributed by atoms with Crippen molar-refractivity contribution < 1.29 is 9.53 Å². The predicted molar refractivity (Wildman–Crippen MR) is 58.7 cm³/mol. The van der Waals surface area contributed by atoms with Gasteiger partial charge in [-0.05, 0) is 27.6 Å². The molecule has 1 aromatic rings. The molecule has 0 atom stereocenters. The minimum Gasteiger partial charge on any atom is -0.469 e. The first-order chi connectivity index (χ1) is 6.56. The molecule has 76 valence electrons. The third kappa shape index (κ3) is 2.17. The molecule has 0 bridgehead atoms. The van der Waals surface area contributed by atoms with E-state index in [1.807, 2.05) is 0 Å². The Labute approximate surface area is 90.3 Å². The molecule has 0 fully saturated rings. The molecule has 0 aliphatic heterocycles. The SMILES string of the molecule is COC(=O)Cc1ccc(Br)c(N)c1N. The number of nitrogens with two attached hydrogens (primary N) is 2. The van der Waals surface area contributed by atoms with Gasteiger partial charge in [0, 0.05) is 4.47 Å². The van der Waals surface area contributed by atoms with E-state index in [0.717, 1.165) is 4.47 Å². The molecule has 0 aliphatic carbocycles. The monoisotopic (exact) mass is 258 g/mol. The lowest BCUT2D eigenvalue weighted by Gasteiger charge is -2.08. The summed E-state index contributed by atoms with van der Waals surface area (Å²) in [5.41, 5.74) is 12.9. The summed E-state index contributed by atoms with van der Waals surface area (Å²) in [5, 5.41) is 0. The van der Waals surface area contributed by atoms with E-state index in [9.17, 15) is 4.79 Å². The number of anilines is 2. The van der Waals surface area contributed by atoms with Crippen LogP contribution in [0.15, 0.2) is 16.6 Å². The third-order valence-electron chi connectivity index (χ3n) is 1.89. The lowest BCUT2D eigenvalue weighted by Crippen LogP contribution is -2.08. The molecule has 0 aromatic heterocycles. The highest BCUT2D eigenvalue weighted by molar-refractivity contribution is 9.10. The van der Waals surface area contributed by atoms with Crippen LogP contribution in [0.5, 0.6) is 0 Å². The van der Waals surface area contributed by atoms with E-state index in [-0.39, 0.29) is 12.4 Å². The summed E-state index contributed by atoms with van der Waals surface area (Å²) >= 11 is 3.24. The minimum absolute atomic E-state index is 0.139. The van der Waals surface area contributed by atoms with Gasteiger partial charge in [-0.1, -0.05) is 6.07 Å². The Bertz CT molecular complexity index is 366. The topological polar surface area (TPSA) is 78.3 Å². The van der Waals surface area contributed by atoms with E-state index >= 15 is 0 Å². The van der Waals surface area contributed by atoms with Gasteiger partial charge in [0.2, 0.25) is 0 Å². The summed E-state index contributed by atoms with van der Waals surface area (Å²) in [6, 6.07) is 3.50. The highest BCUT2D eigenvalue weighted by Gasteiger charge is 2.10. The summed E-state index contributed by atoms with van der Waals surface area (Å²) in [6.45, 7) is 0. The second-order valence-corrected chi connectivity index (χ2v) is 3.64. The van der Waals surface area contributed by atoms with Gasteiger partial charge in [0.25, 0.3) is 0 Å². The zero-order chi connectivity index (χ0) is 10.7.